The second-order valence-electron chi connectivity index (χ2n) is 8.39. The van der Waals surface area contributed by atoms with Crippen molar-refractivity contribution in [3.05, 3.63) is 75.6 Å². The first-order valence-corrected chi connectivity index (χ1v) is 10.7. The molecule has 5 nitrogen and oxygen atoms in total. The van der Waals surface area contributed by atoms with Crippen LogP contribution in [0.2, 0.25) is 0 Å². The Hall–Kier alpha value is -3.33. The summed E-state index contributed by atoms with van der Waals surface area (Å²) in [7, 11) is 0. The van der Waals surface area contributed by atoms with Crippen LogP contribution in [0.25, 0.3) is 6.08 Å². The number of fused-ring (bicyclic) bond motifs is 1. The monoisotopic (exact) mass is 477 g/mol. The molecule has 0 radical (unpaired) electrons. The van der Waals surface area contributed by atoms with Crippen molar-refractivity contribution < 1.29 is 36.9 Å². The Balaban J connectivity index is 1.47. The fraction of sp³-hybridized carbons (Fsp3) is 0.320. The molecule has 2 aromatic rings. The average Bonchev–Trinajstić information content (AvgIpc) is 2.78. The predicted molar refractivity (Wildman–Crippen MR) is 117 cm³/mol. The lowest BCUT2D eigenvalue weighted by atomic mass is 10.0. The highest BCUT2D eigenvalue weighted by Gasteiger charge is 2.33. The zero-order valence-electron chi connectivity index (χ0n) is 18.4. The van der Waals surface area contributed by atoms with E-state index in [1.165, 1.54) is 12.1 Å². The van der Waals surface area contributed by atoms with Crippen molar-refractivity contribution in [3.63, 3.8) is 0 Å². The summed E-state index contributed by atoms with van der Waals surface area (Å²) in [6.07, 6.45) is -0.530. The van der Waals surface area contributed by atoms with E-state index in [9.17, 15) is 27.5 Å². The molecular formula is C25H23F4NO4. The fourth-order valence-electron chi connectivity index (χ4n) is 4.04. The van der Waals surface area contributed by atoms with Crippen LogP contribution in [-0.2, 0) is 17.6 Å². The third-order valence-electron chi connectivity index (χ3n) is 5.72. The Morgan fingerprint density at radius 2 is 2.03 bits per heavy atom. The number of carbonyl (C=O) groups is 1. The summed E-state index contributed by atoms with van der Waals surface area (Å²) >= 11 is 0. The van der Waals surface area contributed by atoms with Crippen molar-refractivity contribution in [2.75, 3.05) is 26.2 Å². The van der Waals surface area contributed by atoms with E-state index in [1.54, 1.807) is 25.1 Å². The van der Waals surface area contributed by atoms with E-state index >= 15 is 0 Å². The van der Waals surface area contributed by atoms with Crippen molar-refractivity contribution in [1.82, 2.24) is 4.90 Å². The first-order valence-electron chi connectivity index (χ1n) is 10.7. The minimum atomic E-state index is -4.52. The zero-order valence-corrected chi connectivity index (χ0v) is 18.4. The van der Waals surface area contributed by atoms with Crippen LogP contribution in [0.15, 0.2) is 47.6 Å². The summed E-state index contributed by atoms with van der Waals surface area (Å²) in [5, 5.41) is 9.19. The van der Waals surface area contributed by atoms with E-state index in [0.29, 0.717) is 37.2 Å². The van der Waals surface area contributed by atoms with E-state index in [-0.39, 0.29) is 35.8 Å². The molecule has 2 aromatic carbocycles. The maximum Gasteiger partial charge on any atom is 0.416 e. The highest BCUT2D eigenvalue weighted by atomic mass is 19.4. The van der Waals surface area contributed by atoms with Gasteiger partial charge in [0.25, 0.3) is 0 Å². The fourth-order valence-corrected chi connectivity index (χ4v) is 4.04. The molecule has 1 N–H and O–H groups in total. The number of aryl methyl sites for hydroxylation is 1. The van der Waals surface area contributed by atoms with Crippen LogP contribution in [0.5, 0.6) is 11.5 Å². The second kappa shape index (κ2) is 9.50. The Morgan fingerprint density at radius 3 is 2.76 bits per heavy atom. The van der Waals surface area contributed by atoms with E-state index < -0.39 is 23.5 Å². The van der Waals surface area contributed by atoms with Gasteiger partial charge in [0.2, 0.25) is 0 Å². The SMILES string of the molecule is Cc1ccc(COc2cc(F)c3c(c2)OCC(CN2CCC=C(C(=O)O)C2)=C3)c(C(F)(F)F)c1. The minimum Gasteiger partial charge on any atom is -0.489 e. The van der Waals surface area contributed by atoms with Crippen LogP contribution < -0.4 is 9.47 Å². The van der Waals surface area contributed by atoms with Gasteiger partial charge in [-0.2, -0.15) is 13.2 Å². The summed E-state index contributed by atoms with van der Waals surface area (Å²) in [6, 6.07) is 6.55. The zero-order chi connectivity index (χ0) is 24.5. The number of hydrogen-bond donors (Lipinski definition) is 1. The largest absolute Gasteiger partial charge is 0.489 e. The quantitative estimate of drug-likeness (QED) is 0.578. The van der Waals surface area contributed by atoms with E-state index in [0.717, 1.165) is 17.7 Å². The molecule has 0 saturated heterocycles. The number of ether oxygens (including phenoxy) is 2. The molecule has 0 amide bonds. The molecule has 34 heavy (non-hydrogen) atoms. The van der Waals surface area contributed by atoms with Crippen molar-refractivity contribution in [2.24, 2.45) is 0 Å². The van der Waals surface area contributed by atoms with Crippen molar-refractivity contribution in [2.45, 2.75) is 26.1 Å². The van der Waals surface area contributed by atoms with Gasteiger partial charge in [-0.15, -0.1) is 0 Å². The predicted octanol–water partition coefficient (Wildman–Crippen LogP) is 5.22. The molecule has 0 fully saturated rings. The second-order valence-corrected chi connectivity index (χ2v) is 8.39. The van der Waals surface area contributed by atoms with Crippen LogP contribution in [-0.4, -0.2) is 42.2 Å². The van der Waals surface area contributed by atoms with Gasteiger partial charge in [0.05, 0.1) is 11.1 Å². The third-order valence-corrected chi connectivity index (χ3v) is 5.72. The minimum absolute atomic E-state index is 0.0457. The number of rotatable bonds is 6. The number of carboxylic acid groups (broad SMARTS) is 1. The Labute approximate surface area is 193 Å². The molecular weight excluding hydrogens is 454 g/mol. The van der Waals surface area contributed by atoms with Gasteiger partial charge in [0.15, 0.2) is 0 Å². The Kier molecular flexibility index (Phi) is 6.65. The Morgan fingerprint density at radius 1 is 1.24 bits per heavy atom. The van der Waals surface area contributed by atoms with Crippen molar-refractivity contribution in [3.8, 4) is 11.5 Å². The number of aliphatic carboxylic acids is 1. The number of carboxylic acids is 1. The molecule has 0 aliphatic carbocycles. The van der Waals surface area contributed by atoms with Gasteiger partial charge in [-0.25, -0.2) is 9.18 Å². The highest BCUT2D eigenvalue weighted by molar-refractivity contribution is 5.87. The highest BCUT2D eigenvalue weighted by Crippen LogP contribution is 2.36. The number of alkyl halides is 3. The normalized spacial score (nSPS) is 16.3. The lowest BCUT2D eigenvalue weighted by Gasteiger charge is -2.28. The summed E-state index contributed by atoms with van der Waals surface area (Å²) in [5.41, 5.74) is 1.00. The first-order chi connectivity index (χ1) is 16.1. The molecule has 0 aromatic heterocycles. The third kappa shape index (κ3) is 5.41. The van der Waals surface area contributed by atoms with E-state index in [1.807, 2.05) is 4.90 Å². The average molecular weight is 477 g/mol. The lowest BCUT2D eigenvalue weighted by Crippen LogP contribution is -2.35. The number of halogens is 4. The summed E-state index contributed by atoms with van der Waals surface area (Å²) < 4.78 is 66.0. The van der Waals surface area contributed by atoms with Crippen LogP contribution in [0, 0.1) is 12.7 Å². The smallest absolute Gasteiger partial charge is 0.416 e. The van der Waals surface area contributed by atoms with Crippen LogP contribution in [0.1, 0.15) is 28.7 Å². The Bertz CT molecular complexity index is 1170. The molecule has 0 saturated carbocycles. The summed E-state index contributed by atoms with van der Waals surface area (Å²) in [4.78, 5) is 13.2. The number of hydrogen-bond acceptors (Lipinski definition) is 4. The van der Waals surface area contributed by atoms with Crippen molar-refractivity contribution in [1.29, 1.82) is 0 Å². The topological polar surface area (TPSA) is 59.0 Å². The standard InChI is InChI=1S/C25H23F4NO4/c1-15-4-5-18(21(7-15)25(27,28)29)14-33-19-9-22(26)20-8-16(13-34-23(20)10-19)11-30-6-2-3-17(12-30)24(31)32/h3-5,7-10H,2,6,11-14H2,1H3,(H,31,32). The molecule has 2 heterocycles. The molecule has 0 atom stereocenters. The van der Waals surface area contributed by atoms with E-state index in [4.69, 9.17) is 9.47 Å². The molecule has 2 aliphatic rings. The lowest BCUT2D eigenvalue weighted by molar-refractivity contribution is -0.138. The van der Waals surface area contributed by atoms with Gasteiger partial charge in [-0.05, 0) is 31.1 Å². The number of benzene rings is 2. The molecule has 0 bridgehead atoms. The van der Waals surface area contributed by atoms with Crippen molar-refractivity contribution >= 4 is 12.0 Å². The van der Waals surface area contributed by atoms with Gasteiger partial charge < -0.3 is 14.6 Å². The van der Waals surface area contributed by atoms with Gasteiger partial charge in [0, 0.05) is 42.9 Å². The molecule has 0 spiro atoms. The first kappa shape index (κ1) is 23.8. The maximum absolute atomic E-state index is 14.8. The van der Waals surface area contributed by atoms with Crippen LogP contribution >= 0.6 is 0 Å². The molecule has 4 rings (SSSR count). The van der Waals surface area contributed by atoms with E-state index in [2.05, 4.69) is 0 Å². The summed E-state index contributed by atoms with van der Waals surface area (Å²) in [6.45, 7) is 2.82. The van der Waals surface area contributed by atoms with Gasteiger partial charge in [-0.1, -0.05) is 23.8 Å². The maximum atomic E-state index is 14.8. The molecule has 9 heteroatoms. The molecule has 180 valence electrons. The van der Waals surface area contributed by atoms with Gasteiger partial charge in [0.1, 0.15) is 30.5 Å². The van der Waals surface area contributed by atoms with Crippen LogP contribution in [0.3, 0.4) is 0 Å². The summed E-state index contributed by atoms with van der Waals surface area (Å²) in [5.74, 6) is -1.26. The van der Waals surface area contributed by atoms with Gasteiger partial charge >= 0.3 is 12.1 Å². The molecule has 2 aliphatic heterocycles. The van der Waals surface area contributed by atoms with Crippen LogP contribution in [0.4, 0.5) is 17.6 Å². The number of nitrogens with zero attached hydrogens (tertiary/aromatic N) is 1. The molecule has 0 unspecified atom stereocenters. The van der Waals surface area contributed by atoms with Gasteiger partial charge in [-0.3, -0.25) is 4.90 Å².